The van der Waals surface area contributed by atoms with Gasteiger partial charge in [-0.1, -0.05) is 24.3 Å². The molecule has 2 rings (SSSR count). The maximum Gasteiger partial charge on any atom is 0.328 e. The van der Waals surface area contributed by atoms with Gasteiger partial charge in [0.2, 0.25) is 0 Å². The van der Waals surface area contributed by atoms with E-state index < -0.39 is 17.9 Å². The number of carbonyl (C=O) groups is 2. The molecule has 22 heavy (non-hydrogen) atoms. The number of hydrogen-bond acceptors (Lipinski definition) is 4. The Balaban J connectivity index is 2.03. The van der Waals surface area contributed by atoms with Gasteiger partial charge in [0.05, 0.1) is 18.8 Å². The summed E-state index contributed by atoms with van der Waals surface area (Å²) in [6.45, 7) is 3.67. The first-order valence-corrected chi connectivity index (χ1v) is 6.76. The number of hydrogen-bond donors (Lipinski definition) is 2. The van der Waals surface area contributed by atoms with Crippen molar-refractivity contribution in [2.45, 2.75) is 6.04 Å². The largest absolute Gasteiger partial charge is 0.488 e. The van der Waals surface area contributed by atoms with E-state index in [4.69, 9.17) is 14.6 Å². The average Bonchev–Trinajstić information content (AvgIpc) is 2.53. The number of aliphatic carboxylic acids is 1. The van der Waals surface area contributed by atoms with Crippen LogP contribution in [0.25, 0.3) is 6.08 Å². The number of carbonyl (C=O) groups excluding carboxylic acids is 1. The van der Waals surface area contributed by atoms with E-state index in [1.54, 1.807) is 6.08 Å². The van der Waals surface area contributed by atoms with Crippen LogP contribution in [0.1, 0.15) is 5.56 Å². The second-order valence-corrected chi connectivity index (χ2v) is 4.69. The lowest BCUT2D eigenvalue weighted by molar-refractivity contribution is -0.143. The van der Waals surface area contributed by atoms with Gasteiger partial charge in [0.25, 0.3) is 5.91 Å². The number of para-hydroxylation sites is 1. The van der Waals surface area contributed by atoms with E-state index >= 15 is 0 Å². The van der Waals surface area contributed by atoms with Crippen molar-refractivity contribution in [1.82, 2.24) is 5.32 Å². The third-order valence-corrected chi connectivity index (χ3v) is 3.05. The first-order valence-electron chi connectivity index (χ1n) is 6.76. The molecule has 0 aliphatic carbocycles. The summed E-state index contributed by atoms with van der Waals surface area (Å²) >= 11 is 0. The fraction of sp³-hybridized carbons (Fsp3) is 0.250. The van der Waals surface area contributed by atoms with Gasteiger partial charge >= 0.3 is 5.97 Å². The van der Waals surface area contributed by atoms with Crippen LogP contribution >= 0.6 is 0 Å². The molecular formula is C16H17NO5. The molecule has 1 unspecified atom stereocenters. The van der Waals surface area contributed by atoms with E-state index in [2.05, 4.69) is 11.9 Å². The Bertz CT molecular complexity index is 608. The second kappa shape index (κ2) is 7.42. The highest BCUT2D eigenvalue weighted by atomic mass is 16.5. The summed E-state index contributed by atoms with van der Waals surface area (Å²) in [5, 5.41) is 11.5. The molecule has 1 atom stereocenters. The third-order valence-electron chi connectivity index (χ3n) is 3.05. The van der Waals surface area contributed by atoms with Crippen molar-refractivity contribution in [3.63, 3.8) is 0 Å². The molecule has 1 aliphatic heterocycles. The number of fused-ring (bicyclic) bond motifs is 1. The first kappa shape index (κ1) is 15.8. The molecule has 1 amide bonds. The van der Waals surface area contributed by atoms with Gasteiger partial charge in [-0.25, -0.2) is 4.79 Å². The highest BCUT2D eigenvalue weighted by Crippen LogP contribution is 2.25. The number of nitrogens with one attached hydrogen (secondary N) is 1. The van der Waals surface area contributed by atoms with Gasteiger partial charge in [-0.15, -0.1) is 6.58 Å². The molecule has 1 aliphatic rings. The Morgan fingerprint density at radius 3 is 2.95 bits per heavy atom. The van der Waals surface area contributed by atoms with E-state index in [-0.39, 0.29) is 19.8 Å². The van der Waals surface area contributed by atoms with Gasteiger partial charge in [0.1, 0.15) is 12.4 Å². The lowest BCUT2D eigenvalue weighted by Gasteiger charge is -2.19. The van der Waals surface area contributed by atoms with Gasteiger partial charge < -0.3 is 19.9 Å². The van der Waals surface area contributed by atoms with Crippen LogP contribution in [0.5, 0.6) is 5.75 Å². The van der Waals surface area contributed by atoms with Crippen LogP contribution in [0.2, 0.25) is 0 Å². The number of carboxylic acids is 1. The normalized spacial score (nSPS) is 14.1. The van der Waals surface area contributed by atoms with Crippen LogP contribution in [0.15, 0.2) is 42.5 Å². The van der Waals surface area contributed by atoms with Crippen molar-refractivity contribution in [3.8, 4) is 5.75 Å². The number of rotatable bonds is 7. The predicted octanol–water partition coefficient (Wildman–Crippen LogP) is 1.23. The maximum absolute atomic E-state index is 12.2. The average molecular weight is 303 g/mol. The Morgan fingerprint density at radius 2 is 2.23 bits per heavy atom. The zero-order valence-electron chi connectivity index (χ0n) is 12.0. The van der Waals surface area contributed by atoms with Gasteiger partial charge in [0, 0.05) is 5.56 Å². The Labute approximate surface area is 128 Å². The van der Waals surface area contributed by atoms with E-state index in [0.29, 0.717) is 11.3 Å². The standard InChI is InChI=1S/C16H17NO5/c1-2-7-21-10-13(16(19)20)17-15(18)12-8-11-5-3-4-6-14(11)22-9-12/h2-6,8,13H,1,7,9-10H2,(H,17,18)(H,19,20). The van der Waals surface area contributed by atoms with Gasteiger partial charge in [-0.3, -0.25) is 4.79 Å². The van der Waals surface area contributed by atoms with Crippen LogP contribution in [0.4, 0.5) is 0 Å². The molecule has 6 nitrogen and oxygen atoms in total. The van der Waals surface area contributed by atoms with Crippen LogP contribution in [-0.4, -0.2) is 42.8 Å². The lowest BCUT2D eigenvalue weighted by Crippen LogP contribution is -2.45. The minimum Gasteiger partial charge on any atom is -0.488 e. The van der Waals surface area contributed by atoms with Crippen molar-refractivity contribution in [1.29, 1.82) is 0 Å². The quantitative estimate of drug-likeness (QED) is 0.584. The Hall–Kier alpha value is -2.60. The minimum atomic E-state index is -1.16. The van der Waals surface area contributed by atoms with Gasteiger partial charge in [-0.05, 0) is 12.1 Å². The zero-order chi connectivity index (χ0) is 15.9. The molecule has 6 heteroatoms. The molecular weight excluding hydrogens is 286 g/mol. The molecule has 0 aromatic heterocycles. The van der Waals surface area contributed by atoms with Crippen molar-refractivity contribution >= 4 is 18.0 Å². The van der Waals surface area contributed by atoms with Crippen LogP contribution in [0.3, 0.4) is 0 Å². The summed E-state index contributed by atoms with van der Waals surface area (Å²) in [5.41, 5.74) is 1.15. The van der Waals surface area contributed by atoms with Crippen molar-refractivity contribution in [2.24, 2.45) is 0 Å². The molecule has 0 radical (unpaired) electrons. The summed E-state index contributed by atoms with van der Waals surface area (Å²) in [7, 11) is 0. The van der Waals surface area contributed by atoms with E-state index in [9.17, 15) is 9.59 Å². The van der Waals surface area contributed by atoms with Crippen LogP contribution in [-0.2, 0) is 14.3 Å². The summed E-state index contributed by atoms with van der Waals surface area (Å²) in [4.78, 5) is 23.3. The van der Waals surface area contributed by atoms with E-state index in [0.717, 1.165) is 5.56 Å². The van der Waals surface area contributed by atoms with Gasteiger partial charge in [0.15, 0.2) is 6.04 Å². The van der Waals surface area contributed by atoms with Crippen molar-refractivity contribution < 1.29 is 24.2 Å². The fourth-order valence-corrected chi connectivity index (χ4v) is 1.94. The molecule has 0 spiro atoms. The molecule has 116 valence electrons. The van der Waals surface area contributed by atoms with Crippen LogP contribution in [0, 0.1) is 0 Å². The fourth-order valence-electron chi connectivity index (χ4n) is 1.94. The summed E-state index contributed by atoms with van der Waals surface area (Å²) in [6, 6.07) is 6.19. The number of carboxylic acid groups (broad SMARTS) is 1. The Morgan fingerprint density at radius 1 is 1.45 bits per heavy atom. The molecule has 1 heterocycles. The molecule has 0 saturated heterocycles. The monoisotopic (exact) mass is 303 g/mol. The number of amides is 1. The summed E-state index contributed by atoms with van der Waals surface area (Å²) < 4.78 is 10.6. The van der Waals surface area contributed by atoms with Gasteiger partial charge in [-0.2, -0.15) is 0 Å². The highest BCUT2D eigenvalue weighted by molar-refractivity contribution is 6.00. The first-order chi connectivity index (χ1) is 10.6. The Kier molecular flexibility index (Phi) is 5.32. The van der Waals surface area contributed by atoms with Crippen LogP contribution < -0.4 is 10.1 Å². The number of ether oxygens (including phenoxy) is 2. The molecule has 2 N–H and O–H groups in total. The van der Waals surface area contributed by atoms with Crippen molar-refractivity contribution in [3.05, 3.63) is 48.1 Å². The lowest BCUT2D eigenvalue weighted by atomic mass is 10.1. The minimum absolute atomic E-state index is 0.0999. The summed E-state index contributed by atoms with van der Waals surface area (Å²) in [6.07, 6.45) is 3.20. The molecule has 1 aromatic carbocycles. The SMILES string of the molecule is C=CCOCC(NC(=O)C1=Cc2ccccc2OC1)C(=O)O. The molecule has 0 bridgehead atoms. The smallest absolute Gasteiger partial charge is 0.328 e. The highest BCUT2D eigenvalue weighted by Gasteiger charge is 2.24. The molecule has 0 fully saturated rings. The zero-order valence-corrected chi connectivity index (χ0v) is 12.0. The van der Waals surface area contributed by atoms with E-state index in [1.807, 2.05) is 24.3 Å². The molecule has 0 saturated carbocycles. The topological polar surface area (TPSA) is 84.9 Å². The number of benzene rings is 1. The van der Waals surface area contributed by atoms with Crippen molar-refractivity contribution in [2.75, 3.05) is 19.8 Å². The summed E-state index contributed by atoms with van der Waals surface area (Å²) in [5.74, 6) is -0.942. The predicted molar refractivity (Wildman–Crippen MR) is 80.5 cm³/mol. The third kappa shape index (κ3) is 3.95. The maximum atomic E-state index is 12.2. The molecule has 1 aromatic rings. The second-order valence-electron chi connectivity index (χ2n) is 4.69. The van der Waals surface area contributed by atoms with E-state index in [1.165, 1.54) is 6.08 Å².